The molecule has 0 saturated heterocycles. The smallest absolute Gasteiger partial charge is 0.257 e. The first kappa shape index (κ1) is 23.2. The average Bonchev–Trinajstić information content (AvgIpc) is 3.24. The molecule has 3 atom stereocenters. The number of fused-ring (bicyclic) bond motifs is 5. The van der Waals surface area contributed by atoms with Gasteiger partial charge in [0.05, 0.1) is 36.1 Å². The van der Waals surface area contributed by atoms with E-state index in [0.717, 1.165) is 22.1 Å². The highest BCUT2D eigenvalue weighted by atomic mass is 19.1. The number of ether oxygens (including phenoxy) is 1. The summed E-state index contributed by atoms with van der Waals surface area (Å²) in [5.41, 5.74) is 2.64. The van der Waals surface area contributed by atoms with Crippen LogP contribution >= 0.6 is 0 Å². The molecule has 36 heavy (non-hydrogen) atoms. The third-order valence-electron chi connectivity index (χ3n) is 8.01. The molecular formula is C26H26FN3O6. The lowest BCUT2D eigenvalue weighted by Crippen LogP contribution is -2.47. The highest BCUT2D eigenvalue weighted by molar-refractivity contribution is 5.93. The molecule has 2 aliphatic heterocycles. The molecule has 2 aromatic heterocycles. The molecular weight excluding hydrogens is 469 g/mol. The predicted octanol–water partition coefficient (Wildman–Crippen LogP) is 1.41. The van der Waals surface area contributed by atoms with Gasteiger partial charge in [0, 0.05) is 28.1 Å². The number of carbonyl (C=O) groups is 1. The summed E-state index contributed by atoms with van der Waals surface area (Å²) in [4.78, 5) is 30.5. The van der Waals surface area contributed by atoms with Crippen molar-refractivity contribution in [1.29, 1.82) is 0 Å². The Morgan fingerprint density at radius 3 is 2.83 bits per heavy atom. The Morgan fingerprint density at radius 1 is 1.33 bits per heavy atom. The van der Waals surface area contributed by atoms with Crippen LogP contribution < -0.4 is 10.9 Å². The van der Waals surface area contributed by atoms with Gasteiger partial charge in [-0.25, -0.2) is 9.37 Å². The summed E-state index contributed by atoms with van der Waals surface area (Å²) >= 11 is 0. The number of aromatic nitrogens is 2. The van der Waals surface area contributed by atoms with Gasteiger partial charge in [0.1, 0.15) is 18.0 Å². The van der Waals surface area contributed by atoms with Gasteiger partial charge in [-0.1, -0.05) is 6.92 Å². The van der Waals surface area contributed by atoms with E-state index in [1.807, 2.05) is 0 Å². The van der Waals surface area contributed by atoms with Crippen molar-refractivity contribution in [2.24, 2.45) is 0 Å². The van der Waals surface area contributed by atoms with Gasteiger partial charge in [-0.15, -0.1) is 0 Å². The maximum atomic E-state index is 14.9. The van der Waals surface area contributed by atoms with Crippen molar-refractivity contribution in [3.8, 4) is 11.4 Å². The van der Waals surface area contributed by atoms with Crippen molar-refractivity contribution in [1.82, 2.24) is 14.9 Å². The number of nitrogens with one attached hydrogen (secondary N) is 1. The van der Waals surface area contributed by atoms with E-state index >= 15 is 0 Å². The van der Waals surface area contributed by atoms with E-state index in [0.29, 0.717) is 40.9 Å². The largest absolute Gasteiger partial charge is 0.387 e. The van der Waals surface area contributed by atoms with Gasteiger partial charge in [-0.05, 0) is 48.9 Å². The van der Waals surface area contributed by atoms with Crippen LogP contribution in [0.25, 0.3) is 22.3 Å². The molecule has 3 aliphatic rings. The van der Waals surface area contributed by atoms with E-state index in [4.69, 9.17) is 9.72 Å². The van der Waals surface area contributed by atoms with Gasteiger partial charge in [-0.3, -0.25) is 9.59 Å². The zero-order valence-corrected chi connectivity index (χ0v) is 19.9. The topological polar surface area (TPSA) is 134 Å². The summed E-state index contributed by atoms with van der Waals surface area (Å²) < 4.78 is 21.7. The lowest BCUT2D eigenvalue weighted by molar-refractivity contribution is -0.236. The molecule has 0 saturated carbocycles. The van der Waals surface area contributed by atoms with Gasteiger partial charge >= 0.3 is 0 Å². The number of amides is 1. The van der Waals surface area contributed by atoms with Crippen molar-refractivity contribution in [3.05, 3.63) is 61.7 Å². The first-order valence-electron chi connectivity index (χ1n) is 12.0. The minimum Gasteiger partial charge on any atom is -0.387 e. The molecule has 4 heterocycles. The quantitative estimate of drug-likeness (QED) is 0.338. The standard InChI is InChI=1S/C26H26FN3O6/c1-3-26(35)15-6-19-23-13(8-30(19)24(33)14(15)10-36-25(26)34)22-17(28-20(32)9-31)5-4-12-11(2)16(27)7-18(29-23)21(12)22/h6-7,17,25,31,34-35H,3-5,8-10H2,1-2H3,(H,28,32)/t17-,25?,26-/m0/s1. The van der Waals surface area contributed by atoms with Crippen molar-refractivity contribution in [2.75, 3.05) is 6.61 Å². The fourth-order valence-electron chi connectivity index (χ4n) is 6.05. The van der Waals surface area contributed by atoms with Crippen molar-refractivity contribution in [2.45, 2.75) is 64.2 Å². The molecule has 1 aliphatic carbocycles. The summed E-state index contributed by atoms with van der Waals surface area (Å²) in [5.74, 6) is -0.904. The van der Waals surface area contributed by atoms with Crippen molar-refractivity contribution in [3.63, 3.8) is 0 Å². The molecule has 10 heteroatoms. The Morgan fingerprint density at radius 2 is 2.11 bits per heavy atom. The van der Waals surface area contributed by atoms with E-state index in [9.17, 15) is 29.3 Å². The summed E-state index contributed by atoms with van der Waals surface area (Å²) in [6.45, 7) is 2.80. The van der Waals surface area contributed by atoms with Gasteiger partial charge in [0.2, 0.25) is 5.91 Å². The van der Waals surface area contributed by atoms with Crippen molar-refractivity contribution < 1.29 is 29.2 Å². The normalized spacial score (nSPS) is 23.8. The fourth-order valence-corrected chi connectivity index (χ4v) is 6.05. The number of rotatable bonds is 3. The molecule has 1 aromatic carbocycles. The summed E-state index contributed by atoms with van der Waals surface area (Å²) in [6.07, 6.45) is -0.325. The van der Waals surface area contributed by atoms with Crippen LogP contribution in [0, 0.1) is 12.7 Å². The summed E-state index contributed by atoms with van der Waals surface area (Å²) in [6, 6.07) is 2.59. The maximum absolute atomic E-state index is 14.9. The molecule has 0 spiro atoms. The van der Waals surface area contributed by atoms with Gasteiger partial charge in [-0.2, -0.15) is 0 Å². The van der Waals surface area contributed by atoms with Crippen LogP contribution in [0.15, 0.2) is 16.9 Å². The number of aryl methyl sites for hydroxylation is 1. The molecule has 3 aromatic rings. The maximum Gasteiger partial charge on any atom is 0.257 e. The van der Waals surface area contributed by atoms with Crippen LogP contribution in [0.5, 0.6) is 0 Å². The van der Waals surface area contributed by atoms with Gasteiger partial charge < -0.3 is 29.9 Å². The van der Waals surface area contributed by atoms with Crippen LogP contribution in [0.1, 0.15) is 59.2 Å². The third kappa shape index (κ3) is 2.98. The van der Waals surface area contributed by atoms with E-state index in [-0.39, 0.29) is 36.5 Å². The number of carbonyl (C=O) groups excluding carboxylic acids is 1. The number of benzene rings is 1. The van der Waals surface area contributed by atoms with Crippen LogP contribution in [0.4, 0.5) is 4.39 Å². The molecule has 0 fully saturated rings. The minimum atomic E-state index is -1.76. The number of hydrogen-bond donors (Lipinski definition) is 4. The van der Waals surface area contributed by atoms with E-state index in [1.165, 1.54) is 6.07 Å². The number of hydrogen-bond acceptors (Lipinski definition) is 7. The summed E-state index contributed by atoms with van der Waals surface area (Å²) in [5, 5.41) is 34.5. The molecule has 188 valence electrons. The fraction of sp³-hybridized carbons (Fsp3) is 0.423. The SMILES string of the molecule is CC[C@]1(O)c2cc3n(c(=O)c2COC1O)Cc1c-3nc2cc(F)c(C)c3c2c1[C@@H](NC(=O)CO)CC3. The number of aliphatic hydroxyl groups excluding tert-OH is 2. The second-order valence-electron chi connectivity index (χ2n) is 9.78. The van der Waals surface area contributed by atoms with Gasteiger partial charge in [0.15, 0.2) is 6.29 Å². The zero-order chi connectivity index (χ0) is 25.5. The molecule has 0 radical (unpaired) electrons. The number of aliphatic hydroxyl groups is 3. The molecule has 1 unspecified atom stereocenters. The third-order valence-corrected chi connectivity index (χ3v) is 8.01. The first-order chi connectivity index (χ1) is 17.2. The molecule has 1 amide bonds. The molecule has 4 N–H and O–H groups in total. The van der Waals surface area contributed by atoms with E-state index < -0.39 is 30.4 Å². The number of nitrogens with zero attached hydrogens (tertiary/aromatic N) is 2. The average molecular weight is 496 g/mol. The molecule has 6 rings (SSSR count). The lowest BCUT2D eigenvalue weighted by Gasteiger charge is -2.37. The van der Waals surface area contributed by atoms with Crippen LogP contribution in [-0.4, -0.2) is 43.7 Å². The number of halogens is 1. The minimum absolute atomic E-state index is 0.121. The highest BCUT2D eigenvalue weighted by Gasteiger charge is 2.45. The second-order valence-corrected chi connectivity index (χ2v) is 9.78. The van der Waals surface area contributed by atoms with Crippen LogP contribution in [0.2, 0.25) is 0 Å². The molecule has 0 bridgehead atoms. The monoisotopic (exact) mass is 495 g/mol. The molecule has 9 nitrogen and oxygen atoms in total. The Labute approximate surface area is 205 Å². The predicted molar refractivity (Wildman–Crippen MR) is 127 cm³/mol. The highest BCUT2D eigenvalue weighted by Crippen LogP contribution is 2.46. The number of pyridine rings is 2. The van der Waals surface area contributed by atoms with E-state index in [2.05, 4.69) is 5.32 Å². The summed E-state index contributed by atoms with van der Waals surface area (Å²) in [7, 11) is 0. The van der Waals surface area contributed by atoms with Crippen LogP contribution in [0.3, 0.4) is 0 Å². The van der Waals surface area contributed by atoms with Crippen LogP contribution in [-0.2, 0) is 34.7 Å². The Bertz CT molecular complexity index is 1530. The first-order valence-corrected chi connectivity index (χ1v) is 12.0. The Hall–Kier alpha value is -3.18. The zero-order valence-electron chi connectivity index (χ0n) is 19.9. The van der Waals surface area contributed by atoms with Crippen molar-refractivity contribution >= 4 is 16.8 Å². The second kappa shape index (κ2) is 7.91. The van der Waals surface area contributed by atoms with Gasteiger partial charge in [0.25, 0.3) is 5.56 Å². The van der Waals surface area contributed by atoms with E-state index in [1.54, 1.807) is 24.5 Å². The Kier molecular flexibility index (Phi) is 5.10. The Balaban J connectivity index is 1.66. The lowest BCUT2D eigenvalue weighted by atomic mass is 9.81.